The Morgan fingerprint density at radius 2 is 2.21 bits per heavy atom. The molecule has 1 aromatic carbocycles. The van der Waals surface area contributed by atoms with Crippen LogP contribution in [-0.4, -0.2) is 17.5 Å². The van der Waals surface area contributed by atoms with Crippen molar-refractivity contribution in [2.45, 2.75) is 13.0 Å². The van der Waals surface area contributed by atoms with Crippen LogP contribution < -0.4 is 11.1 Å². The molecule has 0 spiro atoms. The predicted molar refractivity (Wildman–Crippen MR) is 55.2 cm³/mol. The van der Waals surface area contributed by atoms with Crippen LogP contribution in [0.5, 0.6) is 0 Å². The van der Waals surface area contributed by atoms with Gasteiger partial charge in [0.1, 0.15) is 5.69 Å². The Labute approximate surface area is 82.1 Å². The fourth-order valence-electron chi connectivity index (χ4n) is 1.05. The van der Waals surface area contributed by atoms with Crippen LogP contribution in [0.2, 0.25) is 0 Å². The van der Waals surface area contributed by atoms with E-state index in [1.165, 1.54) is 6.07 Å². The molecule has 3 N–H and O–H groups in total. The maximum absolute atomic E-state index is 10.6. The van der Waals surface area contributed by atoms with Gasteiger partial charge in [0.2, 0.25) is 0 Å². The number of nitrogens with two attached hydrogens (primary N) is 1. The van der Waals surface area contributed by atoms with Gasteiger partial charge in [-0.15, -0.1) is 0 Å². The number of benzene rings is 1. The van der Waals surface area contributed by atoms with Gasteiger partial charge in [-0.2, -0.15) is 0 Å². The molecule has 14 heavy (non-hydrogen) atoms. The molecule has 1 rings (SSSR count). The summed E-state index contributed by atoms with van der Waals surface area (Å²) in [5.41, 5.74) is 6.12. The molecule has 0 aliphatic rings. The lowest BCUT2D eigenvalue weighted by atomic mass is 10.2. The van der Waals surface area contributed by atoms with E-state index in [4.69, 9.17) is 5.73 Å². The first-order chi connectivity index (χ1) is 6.61. The fourth-order valence-corrected chi connectivity index (χ4v) is 1.05. The third-order valence-electron chi connectivity index (χ3n) is 1.72. The predicted octanol–water partition coefficient (Wildman–Crippen LogP) is 1.35. The van der Waals surface area contributed by atoms with Crippen molar-refractivity contribution in [1.82, 2.24) is 0 Å². The summed E-state index contributed by atoms with van der Waals surface area (Å²) < 4.78 is 0. The molecule has 0 saturated carbocycles. The number of hydrogen-bond donors (Lipinski definition) is 2. The van der Waals surface area contributed by atoms with Crippen molar-refractivity contribution in [3.8, 4) is 0 Å². The van der Waals surface area contributed by atoms with Crippen LogP contribution in [0.1, 0.15) is 6.92 Å². The molecular formula is C9H13N3O2. The van der Waals surface area contributed by atoms with E-state index < -0.39 is 4.92 Å². The van der Waals surface area contributed by atoms with E-state index >= 15 is 0 Å². The van der Waals surface area contributed by atoms with Gasteiger partial charge in [-0.05, 0) is 13.0 Å². The van der Waals surface area contributed by atoms with E-state index in [0.717, 1.165) is 0 Å². The van der Waals surface area contributed by atoms with Crippen molar-refractivity contribution >= 4 is 11.4 Å². The number of nitrogens with zero attached hydrogens (tertiary/aromatic N) is 1. The Bertz CT molecular complexity index is 326. The first-order valence-corrected chi connectivity index (χ1v) is 4.34. The Kier molecular flexibility index (Phi) is 3.41. The summed E-state index contributed by atoms with van der Waals surface area (Å²) in [7, 11) is 0. The topological polar surface area (TPSA) is 81.2 Å². The third-order valence-corrected chi connectivity index (χ3v) is 1.72. The normalized spacial score (nSPS) is 12.1. The molecule has 0 amide bonds. The highest BCUT2D eigenvalue weighted by Gasteiger charge is 2.11. The quantitative estimate of drug-likeness (QED) is 0.561. The summed E-state index contributed by atoms with van der Waals surface area (Å²) in [6, 6.07) is 6.48. The van der Waals surface area contributed by atoms with Crippen LogP contribution >= 0.6 is 0 Å². The summed E-state index contributed by atoms with van der Waals surface area (Å²) in [5, 5.41) is 13.5. The largest absolute Gasteiger partial charge is 0.378 e. The minimum Gasteiger partial charge on any atom is -0.378 e. The summed E-state index contributed by atoms with van der Waals surface area (Å²) in [6.07, 6.45) is 0. The van der Waals surface area contributed by atoms with Crippen LogP contribution in [0.4, 0.5) is 11.4 Å². The second kappa shape index (κ2) is 4.57. The first kappa shape index (κ1) is 10.5. The smallest absolute Gasteiger partial charge is 0.292 e. The number of anilines is 1. The summed E-state index contributed by atoms with van der Waals surface area (Å²) in [6.45, 7) is 2.35. The molecule has 5 heteroatoms. The van der Waals surface area contributed by atoms with E-state index in [1.807, 2.05) is 6.92 Å². The van der Waals surface area contributed by atoms with Crippen molar-refractivity contribution < 1.29 is 4.92 Å². The van der Waals surface area contributed by atoms with Gasteiger partial charge in [0, 0.05) is 18.7 Å². The van der Waals surface area contributed by atoms with Gasteiger partial charge in [-0.1, -0.05) is 12.1 Å². The summed E-state index contributed by atoms with van der Waals surface area (Å²) >= 11 is 0. The van der Waals surface area contributed by atoms with Crippen LogP contribution in [-0.2, 0) is 0 Å². The zero-order valence-electron chi connectivity index (χ0n) is 7.93. The van der Waals surface area contributed by atoms with Crippen molar-refractivity contribution in [2.24, 2.45) is 5.73 Å². The molecule has 0 radical (unpaired) electrons. The molecular weight excluding hydrogens is 182 g/mol. The van der Waals surface area contributed by atoms with Gasteiger partial charge in [-0.25, -0.2) is 0 Å². The maximum Gasteiger partial charge on any atom is 0.292 e. The number of rotatable bonds is 4. The van der Waals surface area contributed by atoms with E-state index in [-0.39, 0.29) is 11.7 Å². The highest BCUT2D eigenvalue weighted by Crippen LogP contribution is 2.22. The molecule has 0 saturated heterocycles. The van der Waals surface area contributed by atoms with Crippen molar-refractivity contribution in [1.29, 1.82) is 0 Å². The SMILES string of the molecule is CC(N)CNc1ccccc1[N+](=O)[O-]. The van der Waals surface area contributed by atoms with Crippen molar-refractivity contribution in [3.63, 3.8) is 0 Å². The molecule has 0 aliphatic carbocycles. The highest BCUT2D eigenvalue weighted by molar-refractivity contribution is 5.61. The fraction of sp³-hybridized carbons (Fsp3) is 0.333. The van der Waals surface area contributed by atoms with Gasteiger partial charge in [0.25, 0.3) is 5.69 Å². The molecule has 1 unspecified atom stereocenters. The standard InChI is InChI=1S/C9H13N3O2/c1-7(10)6-11-8-4-2-3-5-9(8)12(13)14/h2-5,7,11H,6,10H2,1H3. The number of nitrogens with one attached hydrogen (secondary N) is 1. The Hall–Kier alpha value is -1.62. The summed E-state index contributed by atoms with van der Waals surface area (Å²) in [5.74, 6) is 0. The highest BCUT2D eigenvalue weighted by atomic mass is 16.6. The molecule has 5 nitrogen and oxygen atoms in total. The van der Waals surface area contributed by atoms with Crippen molar-refractivity contribution in [3.05, 3.63) is 34.4 Å². The Morgan fingerprint density at radius 1 is 1.57 bits per heavy atom. The Morgan fingerprint density at radius 3 is 2.79 bits per heavy atom. The second-order valence-electron chi connectivity index (χ2n) is 3.13. The zero-order valence-corrected chi connectivity index (χ0v) is 7.93. The molecule has 0 bridgehead atoms. The molecule has 0 aromatic heterocycles. The minimum atomic E-state index is -0.413. The lowest BCUT2D eigenvalue weighted by Crippen LogP contribution is -2.25. The maximum atomic E-state index is 10.6. The van der Waals surface area contributed by atoms with Gasteiger partial charge < -0.3 is 11.1 Å². The van der Waals surface area contributed by atoms with Crippen LogP contribution in [0, 0.1) is 10.1 Å². The molecule has 0 heterocycles. The van der Waals surface area contributed by atoms with Gasteiger partial charge in [0.05, 0.1) is 4.92 Å². The number of hydrogen-bond acceptors (Lipinski definition) is 4. The summed E-state index contributed by atoms with van der Waals surface area (Å²) in [4.78, 5) is 10.2. The van der Waals surface area contributed by atoms with Gasteiger partial charge >= 0.3 is 0 Å². The van der Waals surface area contributed by atoms with E-state index in [1.54, 1.807) is 18.2 Å². The van der Waals surface area contributed by atoms with E-state index in [2.05, 4.69) is 5.32 Å². The van der Waals surface area contributed by atoms with Gasteiger partial charge in [-0.3, -0.25) is 10.1 Å². The molecule has 1 aromatic rings. The lowest BCUT2D eigenvalue weighted by Gasteiger charge is -2.08. The van der Waals surface area contributed by atoms with Crippen molar-refractivity contribution in [2.75, 3.05) is 11.9 Å². The number of nitro groups is 1. The molecule has 1 atom stereocenters. The average molecular weight is 195 g/mol. The Balaban J connectivity index is 2.79. The molecule has 0 aliphatic heterocycles. The average Bonchev–Trinajstić information content (AvgIpc) is 2.15. The van der Waals surface area contributed by atoms with Crippen LogP contribution in [0.15, 0.2) is 24.3 Å². The monoisotopic (exact) mass is 195 g/mol. The van der Waals surface area contributed by atoms with Gasteiger partial charge in [0.15, 0.2) is 0 Å². The number of nitro benzene ring substituents is 1. The third kappa shape index (κ3) is 2.70. The van der Waals surface area contributed by atoms with Crippen LogP contribution in [0.3, 0.4) is 0 Å². The van der Waals surface area contributed by atoms with E-state index in [0.29, 0.717) is 12.2 Å². The lowest BCUT2D eigenvalue weighted by molar-refractivity contribution is -0.384. The minimum absolute atomic E-state index is 0.0326. The molecule has 0 fully saturated rings. The zero-order chi connectivity index (χ0) is 10.6. The first-order valence-electron chi connectivity index (χ1n) is 4.34. The number of para-hydroxylation sites is 2. The van der Waals surface area contributed by atoms with E-state index in [9.17, 15) is 10.1 Å². The van der Waals surface area contributed by atoms with Crippen LogP contribution in [0.25, 0.3) is 0 Å². The molecule has 76 valence electrons. The second-order valence-corrected chi connectivity index (χ2v) is 3.13.